The number of carbonyl (C=O) groups excluding carboxylic acids is 1. The minimum atomic E-state index is -0.982. The molecular formula is C11H21N3O3. The van der Waals surface area contributed by atoms with E-state index in [1.807, 2.05) is 19.0 Å². The second-order valence-electron chi connectivity index (χ2n) is 4.78. The number of carbonyl (C=O) groups is 2. The number of aliphatic carboxylic acids is 1. The quantitative estimate of drug-likeness (QED) is 0.763. The van der Waals surface area contributed by atoms with Crippen molar-refractivity contribution in [2.45, 2.75) is 18.9 Å². The van der Waals surface area contributed by atoms with E-state index in [9.17, 15) is 9.59 Å². The maximum absolute atomic E-state index is 12.0. The molecule has 1 N–H and O–H groups in total. The van der Waals surface area contributed by atoms with Crippen LogP contribution in [0.15, 0.2) is 0 Å². The minimum absolute atomic E-state index is 0.184. The first-order valence-electron chi connectivity index (χ1n) is 5.80. The van der Waals surface area contributed by atoms with Gasteiger partial charge in [0, 0.05) is 26.2 Å². The molecule has 6 nitrogen and oxygen atoms in total. The van der Waals surface area contributed by atoms with E-state index < -0.39 is 5.97 Å². The van der Waals surface area contributed by atoms with Gasteiger partial charge in [-0.25, -0.2) is 4.79 Å². The Morgan fingerprint density at radius 1 is 1.35 bits per heavy atom. The van der Waals surface area contributed by atoms with Crippen LogP contribution in [0.4, 0.5) is 4.79 Å². The Hall–Kier alpha value is -1.30. The third-order valence-corrected chi connectivity index (χ3v) is 2.90. The number of rotatable bonds is 4. The minimum Gasteiger partial charge on any atom is -0.480 e. The number of likely N-dealkylation sites (tertiary alicyclic amines) is 1. The molecule has 1 fully saturated rings. The van der Waals surface area contributed by atoms with Gasteiger partial charge in [-0.3, -0.25) is 4.79 Å². The van der Waals surface area contributed by atoms with E-state index in [0.29, 0.717) is 0 Å². The van der Waals surface area contributed by atoms with Crippen LogP contribution < -0.4 is 0 Å². The summed E-state index contributed by atoms with van der Waals surface area (Å²) in [6, 6.07) is 0.0190. The first-order chi connectivity index (χ1) is 7.91. The molecule has 1 aliphatic heterocycles. The van der Waals surface area contributed by atoms with Crippen molar-refractivity contribution in [3.63, 3.8) is 0 Å². The molecule has 0 saturated carbocycles. The largest absolute Gasteiger partial charge is 0.480 e. The van der Waals surface area contributed by atoms with Crippen LogP contribution in [0.25, 0.3) is 0 Å². The van der Waals surface area contributed by atoms with E-state index in [2.05, 4.69) is 0 Å². The fourth-order valence-corrected chi connectivity index (χ4v) is 2.19. The molecule has 0 radical (unpaired) electrons. The molecule has 98 valence electrons. The fourth-order valence-electron chi connectivity index (χ4n) is 2.19. The standard InChI is InChI=1S/C11H21N3O3/c1-12(2)7-9-5-4-6-14(9)11(17)13(3)8-10(15)16/h9H,4-8H2,1-3H3,(H,15,16). The predicted molar refractivity (Wildman–Crippen MR) is 63.9 cm³/mol. The van der Waals surface area contributed by atoms with Gasteiger partial charge in [0.25, 0.3) is 0 Å². The monoisotopic (exact) mass is 243 g/mol. The molecule has 0 aromatic carbocycles. The van der Waals surface area contributed by atoms with Gasteiger partial charge in [-0.05, 0) is 26.9 Å². The number of hydrogen-bond donors (Lipinski definition) is 1. The summed E-state index contributed by atoms with van der Waals surface area (Å²) in [5, 5.41) is 8.67. The molecule has 1 atom stereocenters. The third kappa shape index (κ3) is 3.89. The number of amides is 2. The van der Waals surface area contributed by atoms with Gasteiger partial charge in [-0.2, -0.15) is 0 Å². The zero-order chi connectivity index (χ0) is 13.0. The van der Waals surface area contributed by atoms with Gasteiger partial charge < -0.3 is 19.8 Å². The van der Waals surface area contributed by atoms with E-state index in [0.717, 1.165) is 25.9 Å². The zero-order valence-electron chi connectivity index (χ0n) is 10.7. The summed E-state index contributed by atoms with van der Waals surface area (Å²) in [6.07, 6.45) is 1.98. The Morgan fingerprint density at radius 2 is 2.00 bits per heavy atom. The lowest BCUT2D eigenvalue weighted by molar-refractivity contribution is -0.137. The average Bonchev–Trinajstić information content (AvgIpc) is 2.62. The summed E-state index contributed by atoms with van der Waals surface area (Å²) in [4.78, 5) is 27.7. The molecule has 1 unspecified atom stereocenters. The van der Waals surface area contributed by atoms with E-state index >= 15 is 0 Å². The summed E-state index contributed by atoms with van der Waals surface area (Å²) < 4.78 is 0. The number of nitrogens with zero attached hydrogens (tertiary/aromatic N) is 3. The Labute approximate surface area is 102 Å². The lowest BCUT2D eigenvalue weighted by Gasteiger charge is -2.30. The van der Waals surface area contributed by atoms with Crippen LogP contribution in [-0.4, -0.2) is 78.6 Å². The number of hydrogen-bond acceptors (Lipinski definition) is 3. The highest BCUT2D eigenvalue weighted by molar-refractivity contribution is 5.80. The Morgan fingerprint density at radius 3 is 2.53 bits per heavy atom. The van der Waals surface area contributed by atoms with Crippen LogP contribution in [0.3, 0.4) is 0 Å². The summed E-state index contributed by atoms with van der Waals surface area (Å²) in [5.41, 5.74) is 0. The van der Waals surface area contributed by atoms with Crippen molar-refractivity contribution in [1.29, 1.82) is 0 Å². The highest BCUT2D eigenvalue weighted by Gasteiger charge is 2.31. The topological polar surface area (TPSA) is 64.1 Å². The van der Waals surface area contributed by atoms with Crippen molar-refractivity contribution in [1.82, 2.24) is 14.7 Å². The van der Waals surface area contributed by atoms with Crippen molar-refractivity contribution in [2.75, 3.05) is 40.8 Å². The summed E-state index contributed by atoms with van der Waals surface area (Å²) in [6.45, 7) is 1.30. The van der Waals surface area contributed by atoms with E-state index in [1.165, 1.54) is 11.9 Å². The average molecular weight is 243 g/mol. The molecule has 0 aliphatic carbocycles. The van der Waals surface area contributed by atoms with Gasteiger partial charge in [0.2, 0.25) is 0 Å². The molecule has 0 spiro atoms. The highest BCUT2D eigenvalue weighted by atomic mass is 16.4. The van der Waals surface area contributed by atoms with Gasteiger partial charge in [0.1, 0.15) is 6.54 Å². The van der Waals surface area contributed by atoms with E-state index in [4.69, 9.17) is 5.11 Å². The second-order valence-corrected chi connectivity index (χ2v) is 4.78. The van der Waals surface area contributed by atoms with Crippen molar-refractivity contribution >= 4 is 12.0 Å². The maximum atomic E-state index is 12.0. The van der Waals surface area contributed by atoms with Crippen molar-refractivity contribution in [3.8, 4) is 0 Å². The van der Waals surface area contributed by atoms with Gasteiger partial charge in [-0.15, -0.1) is 0 Å². The Balaban J connectivity index is 2.57. The van der Waals surface area contributed by atoms with Crippen LogP contribution in [0.2, 0.25) is 0 Å². The lowest BCUT2D eigenvalue weighted by atomic mass is 10.2. The van der Waals surface area contributed by atoms with Gasteiger partial charge in [-0.1, -0.05) is 0 Å². The number of likely N-dealkylation sites (N-methyl/N-ethyl adjacent to an activating group) is 2. The first-order valence-corrected chi connectivity index (χ1v) is 5.80. The Kier molecular flexibility index (Phi) is 4.74. The molecule has 6 heteroatoms. The van der Waals surface area contributed by atoms with Crippen molar-refractivity contribution < 1.29 is 14.7 Å². The molecule has 1 rings (SSSR count). The fraction of sp³-hybridized carbons (Fsp3) is 0.818. The molecule has 1 aliphatic rings. The van der Waals surface area contributed by atoms with Crippen LogP contribution in [0, 0.1) is 0 Å². The van der Waals surface area contributed by atoms with Crippen molar-refractivity contribution in [2.24, 2.45) is 0 Å². The van der Waals surface area contributed by atoms with E-state index in [1.54, 1.807) is 4.90 Å². The van der Waals surface area contributed by atoms with Crippen molar-refractivity contribution in [3.05, 3.63) is 0 Å². The number of carboxylic acid groups (broad SMARTS) is 1. The van der Waals surface area contributed by atoms with Gasteiger partial charge in [0.15, 0.2) is 0 Å². The molecule has 1 saturated heterocycles. The molecule has 0 aromatic rings. The number of urea groups is 1. The highest BCUT2D eigenvalue weighted by Crippen LogP contribution is 2.19. The molecule has 1 heterocycles. The van der Waals surface area contributed by atoms with Crippen LogP contribution in [0.5, 0.6) is 0 Å². The summed E-state index contributed by atoms with van der Waals surface area (Å²) in [5.74, 6) is -0.982. The molecule has 2 amide bonds. The van der Waals surface area contributed by atoms with E-state index in [-0.39, 0.29) is 18.6 Å². The van der Waals surface area contributed by atoms with Gasteiger partial charge in [0.05, 0.1) is 0 Å². The summed E-state index contributed by atoms with van der Waals surface area (Å²) >= 11 is 0. The Bertz CT molecular complexity index is 294. The normalized spacial score (nSPS) is 19.8. The number of carboxylic acids is 1. The molecule has 0 aromatic heterocycles. The maximum Gasteiger partial charge on any atom is 0.323 e. The molecule has 17 heavy (non-hydrogen) atoms. The van der Waals surface area contributed by atoms with Gasteiger partial charge >= 0.3 is 12.0 Å². The van der Waals surface area contributed by atoms with Crippen LogP contribution in [-0.2, 0) is 4.79 Å². The summed E-state index contributed by atoms with van der Waals surface area (Å²) in [7, 11) is 5.48. The first kappa shape index (κ1) is 13.8. The molecule has 0 bridgehead atoms. The predicted octanol–water partition coefficient (Wildman–Crippen LogP) is 0.149. The third-order valence-electron chi connectivity index (χ3n) is 2.90. The second kappa shape index (κ2) is 5.86. The van der Waals surface area contributed by atoms with Crippen LogP contribution >= 0.6 is 0 Å². The smallest absolute Gasteiger partial charge is 0.323 e. The molecular weight excluding hydrogens is 222 g/mol. The van der Waals surface area contributed by atoms with Crippen LogP contribution in [0.1, 0.15) is 12.8 Å². The SMILES string of the molecule is CN(C)CC1CCCN1C(=O)N(C)CC(=O)O. The zero-order valence-corrected chi connectivity index (χ0v) is 10.7. The lowest BCUT2D eigenvalue weighted by Crippen LogP contribution is -2.48.